The van der Waals surface area contributed by atoms with Crippen LogP contribution >= 0.6 is 34.8 Å². The summed E-state index contributed by atoms with van der Waals surface area (Å²) in [4.78, 5) is 24.6. The molecule has 0 aromatic heterocycles. The minimum absolute atomic E-state index is 0.0994. The zero-order valence-corrected chi connectivity index (χ0v) is 18.0. The highest BCUT2D eigenvalue weighted by atomic mass is 35.5. The van der Waals surface area contributed by atoms with E-state index >= 15 is 0 Å². The molecule has 0 aliphatic rings. The third-order valence-electron chi connectivity index (χ3n) is 4.00. The lowest BCUT2D eigenvalue weighted by molar-refractivity contribution is -0.112. The van der Waals surface area contributed by atoms with E-state index in [1.807, 2.05) is 6.07 Å². The molecule has 3 aromatic rings. The minimum atomic E-state index is -0.636. The van der Waals surface area contributed by atoms with Crippen LogP contribution in [-0.2, 0) is 4.79 Å². The van der Waals surface area contributed by atoms with Crippen molar-refractivity contribution >= 4 is 58.4 Å². The molecule has 8 heteroatoms. The average Bonchev–Trinajstić information content (AvgIpc) is 2.73. The first-order chi connectivity index (χ1) is 14.9. The smallest absolute Gasteiger partial charge is 0.345 e. The van der Waals surface area contributed by atoms with Crippen molar-refractivity contribution in [2.75, 3.05) is 5.32 Å². The summed E-state index contributed by atoms with van der Waals surface area (Å²) in [6, 6.07) is 19.2. The van der Waals surface area contributed by atoms with Crippen molar-refractivity contribution in [1.29, 1.82) is 5.26 Å². The van der Waals surface area contributed by atoms with Gasteiger partial charge in [-0.15, -0.1) is 0 Å². The Hall–Kier alpha value is -3.30. The number of halogens is 3. The average molecular weight is 472 g/mol. The fourth-order valence-corrected chi connectivity index (χ4v) is 3.20. The number of hydrogen-bond donors (Lipinski definition) is 1. The second-order valence-corrected chi connectivity index (χ2v) is 7.50. The summed E-state index contributed by atoms with van der Waals surface area (Å²) in [5.41, 5.74) is 1.13. The number of benzene rings is 3. The molecule has 0 fully saturated rings. The zero-order valence-electron chi connectivity index (χ0n) is 15.7. The van der Waals surface area contributed by atoms with Gasteiger partial charge in [-0.25, -0.2) is 4.79 Å². The molecule has 5 nitrogen and oxygen atoms in total. The van der Waals surface area contributed by atoms with Crippen LogP contribution in [0.25, 0.3) is 6.08 Å². The molecule has 0 saturated carbocycles. The van der Waals surface area contributed by atoms with Crippen molar-refractivity contribution in [3.63, 3.8) is 0 Å². The van der Waals surface area contributed by atoms with E-state index in [9.17, 15) is 14.9 Å². The van der Waals surface area contributed by atoms with Gasteiger partial charge in [-0.05, 0) is 60.2 Å². The SMILES string of the molecule is N#C/C(=C\c1ccc(OC(=O)c2ccc(Cl)cc2Cl)cc1)C(=O)Nc1cccc(Cl)c1. The van der Waals surface area contributed by atoms with E-state index in [1.54, 1.807) is 36.4 Å². The molecule has 3 aromatic carbocycles. The van der Waals surface area contributed by atoms with Crippen LogP contribution in [0.5, 0.6) is 5.75 Å². The number of nitrogens with one attached hydrogen (secondary N) is 1. The lowest BCUT2D eigenvalue weighted by atomic mass is 10.1. The molecule has 0 bridgehead atoms. The highest BCUT2D eigenvalue weighted by molar-refractivity contribution is 6.36. The topological polar surface area (TPSA) is 79.2 Å². The maximum atomic E-state index is 12.3. The number of nitrogens with zero attached hydrogens (tertiary/aromatic N) is 1. The number of esters is 1. The number of amides is 1. The van der Waals surface area contributed by atoms with Crippen LogP contribution in [-0.4, -0.2) is 11.9 Å². The van der Waals surface area contributed by atoms with E-state index in [0.717, 1.165) is 0 Å². The third-order valence-corrected chi connectivity index (χ3v) is 4.78. The van der Waals surface area contributed by atoms with Crippen LogP contribution in [0.3, 0.4) is 0 Å². The summed E-state index contributed by atoms with van der Waals surface area (Å²) in [6.45, 7) is 0. The summed E-state index contributed by atoms with van der Waals surface area (Å²) >= 11 is 17.7. The standard InChI is InChI=1S/C23H13Cl3N2O3/c24-16-2-1-3-18(11-16)28-22(29)15(13-27)10-14-4-7-19(8-5-14)31-23(30)20-9-6-17(25)12-21(20)26/h1-12H,(H,28,29)/b15-10+. The van der Waals surface area contributed by atoms with E-state index in [1.165, 1.54) is 36.4 Å². The van der Waals surface area contributed by atoms with Crippen molar-refractivity contribution in [3.8, 4) is 11.8 Å². The van der Waals surface area contributed by atoms with Gasteiger partial charge in [0.2, 0.25) is 0 Å². The monoisotopic (exact) mass is 470 g/mol. The molecule has 0 aliphatic heterocycles. The van der Waals surface area contributed by atoms with Gasteiger partial charge in [0.25, 0.3) is 5.91 Å². The molecular weight excluding hydrogens is 459 g/mol. The molecule has 3 rings (SSSR count). The Morgan fingerprint density at radius 3 is 2.29 bits per heavy atom. The Morgan fingerprint density at radius 2 is 1.65 bits per heavy atom. The summed E-state index contributed by atoms with van der Waals surface area (Å²) in [5.74, 6) is -0.934. The van der Waals surface area contributed by atoms with Gasteiger partial charge in [0, 0.05) is 15.7 Å². The quantitative estimate of drug-likeness (QED) is 0.202. The van der Waals surface area contributed by atoms with E-state index in [2.05, 4.69) is 5.32 Å². The van der Waals surface area contributed by atoms with Gasteiger partial charge in [0.05, 0.1) is 10.6 Å². The number of rotatable bonds is 5. The molecular formula is C23H13Cl3N2O3. The number of ether oxygens (including phenoxy) is 1. The molecule has 0 unspecified atom stereocenters. The predicted molar refractivity (Wildman–Crippen MR) is 122 cm³/mol. The first-order valence-corrected chi connectivity index (χ1v) is 9.95. The van der Waals surface area contributed by atoms with Crippen molar-refractivity contribution in [3.05, 3.63) is 98.5 Å². The lowest BCUT2D eigenvalue weighted by Gasteiger charge is -2.07. The Bertz CT molecular complexity index is 1220. The highest BCUT2D eigenvalue weighted by Gasteiger charge is 2.14. The van der Waals surface area contributed by atoms with Crippen molar-refractivity contribution in [2.45, 2.75) is 0 Å². The number of hydrogen-bond acceptors (Lipinski definition) is 4. The summed E-state index contributed by atoms with van der Waals surface area (Å²) < 4.78 is 5.30. The number of carbonyl (C=O) groups excluding carboxylic acids is 2. The van der Waals surface area contributed by atoms with Crippen molar-refractivity contribution in [2.24, 2.45) is 0 Å². The van der Waals surface area contributed by atoms with Gasteiger partial charge >= 0.3 is 5.97 Å². The van der Waals surface area contributed by atoms with Crippen molar-refractivity contribution in [1.82, 2.24) is 0 Å². The Morgan fingerprint density at radius 1 is 0.935 bits per heavy atom. The maximum Gasteiger partial charge on any atom is 0.345 e. The van der Waals surface area contributed by atoms with E-state index in [-0.39, 0.29) is 21.9 Å². The summed E-state index contributed by atoms with van der Waals surface area (Å²) in [6.07, 6.45) is 1.42. The fourth-order valence-electron chi connectivity index (χ4n) is 2.53. The molecule has 31 heavy (non-hydrogen) atoms. The molecule has 0 saturated heterocycles. The maximum absolute atomic E-state index is 12.3. The first-order valence-electron chi connectivity index (χ1n) is 8.82. The summed E-state index contributed by atoms with van der Waals surface area (Å²) in [7, 11) is 0. The van der Waals surface area contributed by atoms with E-state index in [0.29, 0.717) is 21.3 Å². The van der Waals surface area contributed by atoms with Crippen molar-refractivity contribution < 1.29 is 14.3 Å². The van der Waals surface area contributed by atoms with Crippen LogP contribution in [0.15, 0.2) is 72.3 Å². The molecule has 0 aliphatic carbocycles. The second-order valence-electron chi connectivity index (χ2n) is 6.22. The van der Waals surface area contributed by atoms with Gasteiger partial charge < -0.3 is 10.1 Å². The lowest BCUT2D eigenvalue weighted by Crippen LogP contribution is -2.13. The molecule has 0 heterocycles. The molecule has 0 spiro atoms. The number of carbonyl (C=O) groups is 2. The van der Waals surface area contributed by atoms with Gasteiger partial charge in [-0.1, -0.05) is 53.0 Å². The molecule has 0 radical (unpaired) electrons. The Balaban J connectivity index is 1.70. The Labute approximate surface area is 193 Å². The van der Waals surface area contributed by atoms with Crippen LogP contribution < -0.4 is 10.1 Å². The van der Waals surface area contributed by atoms with Gasteiger partial charge in [-0.2, -0.15) is 5.26 Å². The van der Waals surface area contributed by atoms with Crippen LogP contribution in [0, 0.1) is 11.3 Å². The second kappa shape index (κ2) is 10.1. The highest BCUT2D eigenvalue weighted by Crippen LogP contribution is 2.23. The fraction of sp³-hybridized carbons (Fsp3) is 0. The van der Waals surface area contributed by atoms with Gasteiger partial charge in [-0.3, -0.25) is 4.79 Å². The summed E-state index contributed by atoms with van der Waals surface area (Å²) in [5, 5.41) is 13.0. The van der Waals surface area contributed by atoms with Gasteiger partial charge in [0.15, 0.2) is 0 Å². The van der Waals surface area contributed by atoms with Crippen LogP contribution in [0.2, 0.25) is 15.1 Å². The van der Waals surface area contributed by atoms with E-state index < -0.39 is 11.9 Å². The third kappa shape index (κ3) is 6.09. The zero-order chi connectivity index (χ0) is 22.4. The van der Waals surface area contributed by atoms with Crippen LogP contribution in [0.4, 0.5) is 5.69 Å². The van der Waals surface area contributed by atoms with E-state index in [4.69, 9.17) is 39.5 Å². The minimum Gasteiger partial charge on any atom is -0.423 e. The largest absolute Gasteiger partial charge is 0.423 e. The predicted octanol–water partition coefficient (Wildman–Crippen LogP) is 6.41. The Kier molecular flexibility index (Phi) is 7.32. The molecule has 154 valence electrons. The first kappa shape index (κ1) is 22.4. The molecule has 0 atom stereocenters. The van der Waals surface area contributed by atoms with Gasteiger partial charge in [0.1, 0.15) is 17.4 Å². The number of anilines is 1. The molecule has 1 N–H and O–H groups in total. The normalized spacial score (nSPS) is 10.8. The number of nitriles is 1. The molecule has 1 amide bonds. The van der Waals surface area contributed by atoms with Crippen LogP contribution in [0.1, 0.15) is 15.9 Å².